The first kappa shape index (κ1) is 24.7. The van der Waals surface area contributed by atoms with Crippen LogP contribution in [-0.4, -0.2) is 45.5 Å². The van der Waals surface area contributed by atoms with Gasteiger partial charge in [0.25, 0.3) is 5.56 Å². The van der Waals surface area contributed by atoms with Gasteiger partial charge in [-0.15, -0.1) is 0 Å². The molecule has 1 saturated heterocycles. The van der Waals surface area contributed by atoms with Crippen molar-refractivity contribution in [3.05, 3.63) is 57.3 Å². The lowest BCUT2D eigenvalue weighted by Crippen LogP contribution is -2.54. The number of aromatic nitrogens is 2. The maximum Gasteiger partial charge on any atom is 0.293 e. The van der Waals surface area contributed by atoms with Crippen LogP contribution in [0, 0.1) is 11.2 Å². The molecule has 2 aromatic rings. The minimum absolute atomic E-state index is 0.0353. The van der Waals surface area contributed by atoms with Gasteiger partial charge in [0.15, 0.2) is 5.82 Å². The number of anilines is 1. The maximum absolute atomic E-state index is 14.5. The summed E-state index contributed by atoms with van der Waals surface area (Å²) in [6.07, 6.45) is 8.77. The number of amides is 1. The number of hydrogen-bond acceptors (Lipinski definition) is 4. The second-order valence-corrected chi connectivity index (χ2v) is 10.9. The van der Waals surface area contributed by atoms with Crippen molar-refractivity contribution in [3.63, 3.8) is 0 Å². The second kappa shape index (κ2) is 10.1. The molecule has 0 spiro atoms. The number of rotatable bonds is 5. The Balaban J connectivity index is 1.53. The Morgan fingerprint density at radius 3 is 2.47 bits per heavy atom. The first-order valence-electron chi connectivity index (χ1n) is 12.2. The van der Waals surface area contributed by atoms with Crippen LogP contribution in [0.15, 0.2) is 35.4 Å². The number of nitrogens with zero attached hydrogens (tertiary/aromatic N) is 4. The number of hydrogen-bond donors (Lipinski definition) is 0. The Kier molecular flexibility index (Phi) is 7.31. The van der Waals surface area contributed by atoms with Crippen molar-refractivity contribution in [1.29, 1.82) is 0 Å². The van der Waals surface area contributed by atoms with Gasteiger partial charge in [0.05, 0.1) is 6.42 Å². The topological polar surface area (TPSA) is 58.4 Å². The molecule has 0 atom stereocenters. The first-order chi connectivity index (χ1) is 16.2. The Labute approximate surface area is 205 Å². The Morgan fingerprint density at radius 2 is 1.82 bits per heavy atom. The summed E-state index contributed by atoms with van der Waals surface area (Å²) in [4.78, 5) is 34.5. The molecule has 1 amide bonds. The van der Waals surface area contributed by atoms with Crippen molar-refractivity contribution in [2.45, 2.75) is 70.9 Å². The van der Waals surface area contributed by atoms with Gasteiger partial charge in [0.1, 0.15) is 5.82 Å². The molecule has 1 aliphatic carbocycles. The molecule has 1 aromatic heterocycles. The summed E-state index contributed by atoms with van der Waals surface area (Å²) in [5.74, 6) is -0.0471. The molecule has 2 aliphatic rings. The molecule has 0 radical (unpaired) electrons. The largest absolute Gasteiger partial charge is 0.352 e. The molecule has 34 heavy (non-hydrogen) atoms. The van der Waals surface area contributed by atoms with Crippen LogP contribution >= 0.6 is 11.6 Å². The van der Waals surface area contributed by atoms with E-state index in [9.17, 15) is 14.0 Å². The smallest absolute Gasteiger partial charge is 0.293 e. The SMILES string of the molecule is Cn1ccnc(N2CCC(N(C(=O)Cc3c(F)cccc3Cl)C3CCC(C)(C)CC3)CC2)c1=O. The third-order valence-corrected chi connectivity index (χ3v) is 7.89. The van der Waals surface area contributed by atoms with E-state index in [2.05, 4.69) is 18.8 Å². The normalized spacial score (nSPS) is 19.3. The molecule has 184 valence electrons. The van der Waals surface area contributed by atoms with Crippen molar-refractivity contribution in [1.82, 2.24) is 14.5 Å². The first-order valence-corrected chi connectivity index (χ1v) is 12.5. The van der Waals surface area contributed by atoms with Gasteiger partial charge < -0.3 is 14.4 Å². The van der Waals surface area contributed by atoms with Gasteiger partial charge in [-0.1, -0.05) is 31.5 Å². The van der Waals surface area contributed by atoms with Gasteiger partial charge in [-0.25, -0.2) is 9.37 Å². The van der Waals surface area contributed by atoms with Crippen molar-refractivity contribution >= 4 is 23.3 Å². The van der Waals surface area contributed by atoms with Crippen LogP contribution in [0.25, 0.3) is 0 Å². The number of halogens is 2. The van der Waals surface area contributed by atoms with E-state index in [1.54, 1.807) is 31.6 Å². The summed E-state index contributed by atoms with van der Waals surface area (Å²) >= 11 is 6.25. The van der Waals surface area contributed by atoms with Crippen LogP contribution in [0.3, 0.4) is 0 Å². The summed E-state index contributed by atoms with van der Waals surface area (Å²) in [6, 6.07) is 4.74. The molecule has 1 aromatic carbocycles. The number of piperidine rings is 1. The van der Waals surface area contributed by atoms with E-state index in [0.29, 0.717) is 23.9 Å². The van der Waals surface area contributed by atoms with E-state index in [0.717, 1.165) is 38.5 Å². The van der Waals surface area contributed by atoms with Gasteiger partial charge in [0, 0.05) is 55.2 Å². The Bertz CT molecular complexity index is 1060. The average molecular weight is 489 g/mol. The maximum atomic E-state index is 14.5. The molecule has 1 saturated carbocycles. The van der Waals surface area contributed by atoms with Gasteiger partial charge in [-0.3, -0.25) is 9.59 Å². The molecule has 2 heterocycles. The van der Waals surface area contributed by atoms with Crippen LogP contribution in [0.2, 0.25) is 5.02 Å². The van der Waals surface area contributed by atoms with Crippen molar-refractivity contribution in [2.75, 3.05) is 18.0 Å². The highest BCUT2D eigenvalue weighted by Gasteiger charge is 2.37. The molecule has 1 aliphatic heterocycles. The van der Waals surface area contributed by atoms with Crippen LogP contribution < -0.4 is 10.5 Å². The van der Waals surface area contributed by atoms with Crippen LogP contribution in [0.5, 0.6) is 0 Å². The van der Waals surface area contributed by atoms with Gasteiger partial charge in [0.2, 0.25) is 5.91 Å². The number of carbonyl (C=O) groups excluding carboxylic acids is 1. The zero-order valence-corrected chi connectivity index (χ0v) is 21.0. The van der Waals surface area contributed by atoms with Crippen LogP contribution in [0.1, 0.15) is 57.9 Å². The van der Waals surface area contributed by atoms with E-state index in [1.807, 2.05) is 9.80 Å². The van der Waals surface area contributed by atoms with E-state index < -0.39 is 5.82 Å². The monoisotopic (exact) mass is 488 g/mol. The van der Waals surface area contributed by atoms with Crippen LogP contribution in [0.4, 0.5) is 10.2 Å². The molecule has 0 unspecified atom stereocenters. The zero-order chi connectivity index (χ0) is 24.5. The summed E-state index contributed by atoms with van der Waals surface area (Å²) in [7, 11) is 1.72. The quantitative estimate of drug-likeness (QED) is 0.618. The molecule has 6 nitrogen and oxygen atoms in total. The summed E-state index contributed by atoms with van der Waals surface area (Å²) < 4.78 is 16.0. The minimum Gasteiger partial charge on any atom is -0.352 e. The summed E-state index contributed by atoms with van der Waals surface area (Å²) in [5.41, 5.74) is 0.435. The van der Waals surface area contributed by atoms with Crippen LogP contribution in [-0.2, 0) is 18.3 Å². The molecular weight excluding hydrogens is 455 g/mol. The van der Waals surface area contributed by atoms with Crippen molar-refractivity contribution in [2.24, 2.45) is 12.5 Å². The lowest BCUT2D eigenvalue weighted by Gasteiger charge is -2.46. The van der Waals surface area contributed by atoms with Gasteiger partial charge in [-0.2, -0.15) is 0 Å². The molecule has 0 N–H and O–H groups in total. The fraction of sp³-hybridized carbons (Fsp3) is 0.577. The third kappa shape index (κ3) is 5.29. The number of aryl methyl sites for hydroxylation is 1. The molecule has 0 bridgehead atoms. The zero-order valence-electron chi connectivity index (χ0n) is 20.3. The fourth-order valence-corrected chi connectivity index (χ4v) is 5.60. The van der Waals surface area contributed by atoms with Crippen molar-refractivity contribution < 1.29 is 9.18 Å². The predicted molar refractivity (Wildman–Crippen MR) is 133 cm³/mol. The van der Waals surface area contributed by atoms with E-state index in [4.69, 9.17) is 11.6 Å². The Hall–Kier alpha value is -2.41. The van der Waals surface area contributed by atoms with E-state index in [1.165, 1.54) is 10.6 Å². The van der Waals surface area contributed by atoms with Gasteiger partial charge in [-0.05, 0) is 56.1 Å². The number of benzene rings is 1. The highest BCUT2D eigenvalue weighted by atomic mass is 35.5. The van der Waals surface area contributed by atoms with E-state index in [-0.39, 0.29) is 40.9 Å². The highest BCUT2D eigenvalue weighted by molar-refractivity contribution is 6.31. The second-order valence-electron chi connectivity index (χ2n) is 10.5. The number of carbonyl (C=O) groups is 1. The standard InChI is InChI=1S/C26H34ClFN4O2/c1-26(2)11-7-18(8-12-26)32(23(33)17-20-21(27)5-4-6-22(20)28)19-9-14-31(15-10-19)24-25(34)30(3)16-13-29-24/h4-6,13,16,18-19H,7-12,14-15,17H2,1-3H3. The Morgan fingerprint density at radius 1 is 1.18 bits per heavy atom. The highest BCUT2D eigenvalue weighted by Crippen LogP contribution is 2.38. The van der Waals surface area contributed by atoms with Gasteiger partial charge >= 0.3 is 0 Å². The molecule has 4 rings (SSSR count). The molecule has 8 heteroatoms. The lowest BCUT2D eigenvalue weighted by atomic mass is 9.74. The fourth-order valence-electron chi connectivity index (χ4n) is 5.37. The third-order valence-electron chi connectivity index (χ3n) is 7.54. The molecule has 2 fully saturated rings. The predicted octanol–water partition coefficient (Wildman–Crippen LogP) is 4.58. The molecular formula is C26H34ClFN4O2. The average Bonchev–Trinajstić information content (AvgIpc) is 2.80. The minimum atomic E-state index is -0.439. The lowest BCUT2D eigenvalue weighted by molar-refractivity contribution is -0.137. The summed E-state index contributed by atoms with van der Waals surface area (Å²) in [5, 5.41) is 0.291. The van der Waals surface area contributed by atoms with E-state index >= 15 is 0 Å². The van der Waals surface area contributed by atoms with Crippen molar-refractivity contribution in [3.8, 4) is 0 Å². The summed E-state index contributed by atoms with van der Waals surface area (Å²) in [6.45, 7) is 5.86.